The molecular formula is C33H69BrN2O2. The predicted octanol–water partition coefficient (Wildman–Crippen LogP) is 11.8. The molecule has 0 aliphatic heterocycles. The fraction of sp³-hybridized carbons (Fsp3) is 0.939. The number of carbonyl (C=O) groups excluding carboxylic acids is 2. The second kappa shape index (κ2) is 34.4. The van der Waals surface area contributed by atoms with Crippen LogP contribution in [0.25, 0.3) is 0 Å². The van der Waals surface area contributed by atoms with Crippen molar-refractivity contribution in [2.75, 3.05) is 0 Å². The van der Waals surface area contributed by atoms with Crippen molar-refractivity contribution in [1.29, 1.82) is 0 Å². The van der Waals surface area contributed by atoms with Crippen LogP contribution >= 0.6 is 15.9 Å². The highest BCUT2D eigenvalue weighted by Gasteiger charge is 2.32. The third-order valence-electron chi connectivity index (χ3n) is 7.18. The summed E-state index contributed by atoms with van der Waals surface area (Å²) >= 11 is 3.26. The van der Waals surface area contributed by atoms with Crippen LogP contribution in [0.3, 0.4) is 0 Å². The molecule has 0 aromatic rings. The van der Waals surface area contributed by atoms with E-state index in [2.05, 4.69) is 43.6 Å². The molecule has 0 saturated carbocycles. The molecule has 230 valence electrons. The summed E-state index contributed by atoms with van der Waals surface area (Å²) in [5.74, 6) is -0.375. The molecule has 0 atom stereocenters. The topological polar surface area (TPSA) is 72.2 Å². The SMILES string of the molecule is CCC(Br)(CC)C(=O)NC(N)=O.CCCCCCCCCCCCC.CCCCCCCCCCCCC. The number of carbonyl (C=O) groups is 2. The molecule has 38 heavy (non-hydrogen) atoms. The zero-order chi connectivity index (χ0) is 29.3. The van der Waals surface area contributed by atoms with Gasteiger partial charge >= 0.3 is 6.03 Å². The van der Waals surface area contributed by atoms with E-state index >= 15 is 0 Å². The first-order valence-corrected chi connectivity index (χ1v) is 17.4. The van der Waals surface area contributed by atoms with Crippen LogP contribution in [-0.2, 0) is 4.79 Å². The van der Waals surface area contributed by atoms with E-state index in [0.717, 1.165) is 0 Å². The van der Waals surface area contributed by atoms with Crippen LogP contribution in [0.5, 0.6) is 0 Å². The van der Waals surface area contributed by atoms with Gasteiger partial charge in [0.05, 0.1) is 0 Å². The van der Waals surface area contributed by atoms with E-state index in [0.29, 0.717) is 12.8 Å². The molecule has 5 heteroatoms. The van der Waals surface area contributed by atoms with E-state index in [4.69, 9.17) is 5.73 Å². The fourth-order valence-electron chi connectivity index (χ4n) is 4.27. The van der Waals surface area contributed by atoms with E-state index in [1.54, 1.807) is 0 Å². The van der Waals surface area contributed by atoms with Gasteiger partial charge in [0.1, 0.15) is 4.32 Å². The molecule has 0 fully saturated rings. The third-order valence-corrected chi connectivity index (χ3v) is 8.66. The number of unbranched alkanes of at least 4 members (excludes halogenated alkanes) is 20. The molecule has 0 spiro atoms. The lowest BCUT2D eigenvalue weighted by molar-refractivity contribution is -0.122. The standard InChI is InChI=1S/2C13H28.C7H13BrN2O2/c2*1-3-5-7-9-11-13-12-10-8-6-4-2;1-3-7(8,4-2)5(11)10-6(9)12/h2*3-13H2,1-2H3;3-4H2,1-2H3,(H3,9,10,11,12). The number of alkyl halides is 1. The normalized spacial score (nSPS) is 10.7. The van der Waals surface area contributed by atoms with Gasteiger partial charge in [0.2, 0.25) is 5.91 Å². The number of amides is 3. The second-order valence-corrected chi connectivity index (χ2v) is 12.4. The Kier molecular flexibility index (Phi) is 38.0. The van der Waals surface area contributed by atoms with Gasteiger partial charge in [0.15, 0.2) is 0 Å². The molecule has 0 heterocycles. The first kappa shape index (κ1) is 41.9. The number of primary amides is 1. The van der Waals surface area contributed by atoms with Gasteiger partial charge in [-0.1, -0.05) is 199 Å². The molecule has 0 aliphatic carbocycles. The minimum absolute atomic E-state index is 0.375. The molecule has 0 saturated heterocycles. The van der Waals surface area contributed by atoms with Crippen molar-refractivity contribution in [2.45, 2.75) is 200 Å². The van der Waals surface area contributed by atoms with Crippen molar-refractivity contribution in [2.24, 2.45) is 5.73 Å². The van der Waals surface area contributed by atoms with Gasteiger partial charge in [-0.25, -0.2) is 4.79 Å². The highest BCUT2D eigenvalue weighted by molar-refractivity contribution is 9.10. The van der Waals surface area contributed by atoms with Gasteiger partial charge in [0.25, 0.3) is 0 Å². The molecule has 0 aromatic carbocycles. The lowest BCUT2D eigenvalue weighted by atomic mass is 10.0. The minimum Gasteiger partial charge on any atom is -0.351 e. The molecule has 3 amide bonds. The first-order valence-electron chi connectivity index (χ1n) is 16.6. The van der Waals surface area contributed by atoms with Crippen molar-refractivity contribution in [3.63, 3.8) is 0 Å². The van der Waals surface area contributed by atoms with Gasteiger partial charge < -0.3 is 5.73 Å². The number of urea groups is 1. The Morgan fingerprint density at radius 1 is 0.500 bits per heavy atom. The Morgan fingerprint density at radius 2 is 0.711 bits per heavy atom. The molecule has 0 rings (SSSR count). The zero-order valence-corrected chi connectivity index (χ0v) is 28.3. The van der Waals surface area contributed by atoms with Gasteiger partial charge in [-0.3, -0.25) is 10.1 Å². The van der Waals surface area contributed by atoms with E-state index in [9.17, 15) is 9.59 Å². The maximum absolute atomic E-state index is 11.3. The smallest absolute Gasteiger partial charge is 0.318 e. The average molecular weight is 606 g/mol. The number of halogens is 1. The molecule has 3 N–H and O–H groups in total. The zero-order valence-electron chi connectivity index (χ0n) is 26.7. The maximum atomic E-state index is 11.3. The van der Waals surface area contributed by atoms with Crippen LogP contribution in [0.1, 0.15) is 196 Å². The summed E-state index contributed by atoms with van der Waals surface area (Å²) in [5.41, 5.74) is 4.81. The van der Waals surface area contributed by atoms with E-state index < -0.39 is 10.4 Å². The summed E-state index contributed by atoms with van der Waals surface area (Å²) in [6.45, 7) is 12.8. The molecule has 4 nitrogen and oxygen atoms in total. The van der Waals surface area contributed by atoms with E-state index in [-0.39, 0.29) is 5.91 Å². The second-order valence-electron chi connectivity index (χ2n) is 10.9. The van der Waals surface area contributed by atoms with Crippen LogP contribution in [0, 0.1) is 0 Å². The summed E-state index contributed by atoms with van der Waals surface area (Å²) in [6.07, 6.45) is 33.1. The minimum atomic E-state index is -0.814. The number of nitrogens with two attached hydrogens (primary N) is 1. The third kappa shape index (κ3) is 33.4. The van der Waals surface area contributed by atoms with Gasteiger partial charge in [0, 0.05) is 0 Å². The monoisotopic (exact) mass is 604 g/mol. The Labute approximate surface area is 248 Å². The van der Waals surface area contributed by atoms with Crippen LogP contribution in [0.15, 0.2) is 0 Å². The van der Waals surface area contributed by atoms with Crippen molar-refractivity contribution >= 4 is 27.9 Å². The largest absolute Gasteiger partial charge is 0.351 e. The summed E-state index contributed by atoms with van der Waals surface area (Å²) in [6, 6.07) is -0.814. The molecule has 0 bridgehead atoms. The van der Waals surface area contributed by atoms with Gasteiger partial charge in [-0.2, -0.15) is 0 Å². The maximum Gasteiger partial charge on any atom is 0.318 e. The summed E-state index contributed by atoms with van der Waals surface area (Å²) < 4.78 is -0.665. The van der Waals surface area contributed by atoms with Crippen molar-refractivity contribution in [3.8, 4) is 0 Å². The summed E-state index contributed by atoms with van der Waals surface area (Å²) in [5, 5.41) is 2.04. The molecule has 0 unspecified atom stereocenters. The van der Waals surface area contributed by atoms with E-state index in [1.165, 1.54) is 141 Å². The first-order chi connectivity index (χ1) is 18.3. The Balaban J connectivity index is -0.000000484. The highest BCUT2D eigenvalue weighted by Crippen LogP contribution is 2.26. The lowest BCUT2D eigenvalue weighted by Crippen LogP contribution is -2.46. The van der Waals surface area contributed by atoms with Gasteiger partial charge in [-0.15, -0.1) is 0 Å². The van der Waals surface area contributed by atoms with Gasteiger partial charge in [-0.05, 0) is 12.8 Å². The number of rotatable bonds is 23. The predicted molar refractivity (Wildman–Crippen MR) is 174 cm³/mol. The van der Waals surface area contributed by atoms with Crippen LogP contribution < -0.4 is 11.1 Å². The average Bonchev–Trinajstić information content (AvgIpc) is 2.91. The quantitative estimate of drug-likeness (QED) is 0.0898. The Morgan fingerprint density at radius 3 is 0.868 bits per heavy atom. The van der Waals surface area contributed by atoms with Crippen LogP contribution in [0.4, 0.5) is 4.79 Å². The van der Waals surface area contributed by atoms with Crippen LogP contribution in [0.2, 0.25) is 0 Å². The summed E-state index contributed by atoms with van der Waals surface area (Å²) in [4.78, 5) is 21.6. The molecular weight excluding hydrogens is 536 g/mol. The molecule has 0 aliphatic rings. The number of imide groups is 1. The van der Waals surface area contributed by atoms with E-state index in [1.807, 2.05) is 19.2 Å². The van der Waals surface area contributed by atoms with Crippen molar-refractivity contribution in [3.05, 3.63) is 0 Å². The Bertz CT molecular complexity index is 440. The number of nitrogens with one attached hydrogen (secondary N) is 1. The molecule has 0 radical (unpaired) electrons. The highest BCUT2D eigenvalue weighted by atomic mass is 79.9. The number of hydrogen-bond donors (Lipinski definition) is 2. The van der Waals surface area contributed by atoms with Crippen LogP contribution in [-0.4, -0.2) is 16.3 Å². The molecule has 0 aromatic heterocycles. The summed E-state index contributed by atoms with van der Waals surface area (Å²) in [7, 11) is 0. The number of hydrogen-bond acceptors (Lipinski definition) is 2. The lowest BCUT2D eigenvalue weighted by Gasteiger charge is -2.21. The van der Waals surface area contributed by atoms with Crippen molar-refractivity contribution < 1.29 is 9.59 Å². The Hall–Kier alpha value is -0.580. The van der Waals surface area contributed by atoms with Crippen molar-refractivity contribution in [1.82, 2.24) is 5.32 Å². The fourth-order valence-corrected chi connectivity index (χ4v) is 4.37.